The number of carboxylic acid groups (broad SMARTS) is 1. The summed E-state index contributed by atoms with van der Waals surface area (Å²) in [5.41, 5.74) is 8.76. The van der Waals surface area contributed by atoms with Gasteiger partial charge in [-0.1, -0.05) is 52.0 Å². The van der Waals surface area contributed by atoms with Crippen molar-refractivity contribution in [3.05, 3.63) is 69.8 Å². The molecule has 2 fully saturated rings. The van der Waals surface area contributed by atoms with Gasteiger partial charge in [0.1, 0.15) is 0 Å². The van der Waals surface area contributed by atoms with Gasteiger partial charge in [0.2, 0.25) is 0 Å². The lowest BCUT2D eigenvalue weighted by Gasteiger charge is -2.43. The summed E-state index contributed by atoms with van der Waals surface area (Å²) in [6.07, 6.45) is 7.68. The van der Waals surface area contributed by atoms with Crippen LogP contribution >= 0.6 is 0 Å². The van der Waals surface area contributed by atoms with E-state index in [1.807, 2.05) is 0 Å². The van der Waals surface area contributed by atoms with Gasteiger partial charge in [-0.25, -0.2) is 4.79 Å². The third kappa shape index (κ3) is 3.25. The molecule has 1 N–H and O–H groups in total. The van der Waals surface area contributed by atoms with Gasteiger partial charge in [-0.3, -0.25) is 0 Å². The molecule has 164 valence electrons. The van der Waals surface area contributed by atoms with Gasteiger partial charge in [-0.05, 0) is 113 Å². The zero-order valence-electron chi connectivity index (χ0n) is 19.7. The third-order valence-electron chi connectivity index (χ3n) is 9.07. The summed E-state index contributed by atoms with van der Waals surface area (Å²) in [6.45, 7) is 12.0. The van der Waals surface area contributed by atoms with E-state index in [0.717, 1.165) is 0 Å². The summed E-state index contributed by atoms with van der Waals surface area (Å²) in [5, 5.41) is 9.30. The molecule has 2 heteroatoms. The smallest absolute Gasteiger partial charge is 0.335 e. The highest BCUT2D eigenvalue weighted by molar-refractivity contribution is 5.87. The average Bonchev–Trinajstić information content (AvgIpc) is 3.39. The predicted octanol–water partition coefficient (Wildman–Crippen LogP) is 7.48. The molecule has 0 radical (unpaired) electrons. The zero-order valence-corrected chi connectivity index (χ0v) is 19.7. The number of rotatable bonds is 3. The van der Waals surface area contributed by atoms with Crippen molar-refractivity contribution in [1.29, 1.82) is 0 Å². The summed E-state index contributed by atoms with van der Waals surface area (Å²) in [5.74, 6) is 0.194. The van der Waals surface area contributed by atoms with Crippen LogP contribution in [-0.2, 0) is 10.8 Å². The van der Waals surface area contributed by atoms with E-state index in [0.29, 0.717) is 22.8 Å². The quantitative estimate of drug-likeness (QED) is 0.563. The Bertz CT molecular complexity index is 1040. The minimum absolute atomic E-state index is 0.223. The van der Waals surface area contributed by atoms with Gasteiger partial charge < -0.3 is 5.11 Å². The summed E-state index contributed by atoms with van der Waals surface area (Å²) in [7, 11) is 0. The maximum atomic E-state index is 11.3. The Kier molecular flexibility index (Phi) is 4.50. The lowest BCUT2D eigenvalue weighted by Crippen LogP contribution is -2.34. The molecule has 0 bridgehead atoms. The van der Waals surface area contributed by atoms with Crippen LogP contribution in [0.1, 0.15) is 116 Å². The SMILES string of the molecule is Cc1cc2c(cc1C1C(c3ccc(C(=O)O)cc3)CCC13CC3)C(C)(C)CCC2(C)C. The largest absolute Gasteiger partial charge is 0.478 e. The zero-order chi connectivity index (χ0) is 22.2. The minimum atomic E-state index is -0.844. The Balaban J connectivity index is 1.61. The Morgan fingerprint density at radius 1 is 0.871 bits per heavy atom. The van der Waals surface area contributed by atoms with Gasteiger partial charge in [-0.2, -0.15) is 0 Å². The maximum Gasteiger partial charge on any atom is 0.335 e. The van der Waals surface area contributed by atoms with Crippen molar-refractivity contribution in [2.75, 3.05) is 0 Å². The molecule has 0 amide bonds. The van der Waals surface area contributed by atoms with Crippen LogP contribution < -0.4 is 0 Å². The Morgan fingerprint density at radius 3 is 2.00 bits per heavy atom. The van der Waals surface area contributed by atoms with Gasteiger partial charge in [-0.15, -0.1) is 0 Å². The first-order chi connectivity index (χ1) is 14.5. The van der Waals surface area contributed by atoms with Crippen LogP contribution in [0.15, 0.2) is 36.4 Å². The first-order valence-electron chi connectivity index (χ1n) is 12.0. The summed E-state index contributed by atoms with van der Waals surface area (Å²) < 4.78 is 0. The van der Waals surface area contributed by atoms with Crippen molar-refractivity contribution in [1.82, 2.24) is 0 Å². The highest BCUT2D eigenvalue weighted by atomic mass is 16.4. The number of carboxylic acids is 1. The first kappa shape index (κ1) is 20.8. The van der Waals surface area contributed by atoms with Crippen LogP contribution in [0, 0.1) is 12.3 Å². The number of aryl methyl sites for hydroxylation is 1. The molecule has 2 aromatic carbocycles. The van der Waals surface area contributed by atoms with E-state index >= 15 is 0 Å². The number of fused-ring (bicyclic) bond motifs is 1. The molecule has 0 heterocycles. The molecule has 0 aromatic heterocycles. The lowest BCUT2D eigenvalue weighted by molar-refractivity contribution is 0.0697. The second-order valence-electron chi connectivity index (χ2n) is 11.9. The monoisotopic (exact) mass is 416 g/mol. The fourth-order valence-corrected chi connectivity index (χ4v) is 6.77. The fraction of sp³-hybridized carbons (Fsp3) is 0.552. The second-order valence-corrected chi connectivity index (χ2v) is 11.9. The van der Waals surface area contributed by atoms with Crippen molar-refractivity contribution in [3.8, 4) is 0 Å². The van der Waals surface area contributed by atoms with E-state index in [1.54, 1.807) is 28.8 Å². The Hall–Kier alpha value is -2.09. The van der Waals surface area contributed by atoms with E-state index in [-0.39, 0.29) is 10.8 Å². The lowest BCUT2D eigenvalue weighted by atomic mass is 9.61. The molecule has 2 aromatic rings. The maximum absolute atomic E-state index is 11.3. The average molecular weight is 417 g/mol. The molecular weight excluding hydrogens is 380 g/mol. The van der Waals surface area contributed by atoms with Crippen molar-refractivity contribution in [2.45, 2.75) is 95.8 Å². The van der Waals surface area contributed by atoms with E-state index in [9.17, 15) is 9.90 Å². The molecule has 0 saturated heterocycles. The molecule has 2 unspecified atom stereocenters. The number of aromatic carboxylic acids is 1. The summed E-state index contributed by atoms with van der Waals surface area (Å²) >= 11 is 0. The molecule has 3 aliphatic carbocycles. The molecule has 5 rings (SSSR count). The predicted molar refractivity (Wildman–Crippen MR) is 126 cm³/mol. The van der Waals surface area contributed by atoms with Gasteiger partial charge in [0.15, 0.2) is 0 Å². The van der Waals surface area contributed by atoms with Crippen molar-refractivity contribution >= 4 is 5.97 Å². The van der Waals surface area contributed by atoms with Crippen LogP contribution in [0.25, 0.3) is 0 Å². The number of carbonyl (C=O) groups is 1. The third-order valence-corrected chi connectivity index (χ3v) is 9.07. The van der Waals surface area contributed by atoms with E-state index in [4.69, 9.17) is 0 Å². The van der Waals surface area contributed by atoms with Crippen molar-refractivity contribution in [3.63, 3.8) is 0 Å². The topological polar surface area (TPSA) is 37.3 Å². The Labute approximate surface area is 187 Å². The number of hydrogen-bond donors (Lipinski definition) is 1. The minimum Gasteiger partial charge on any atom is -0.478 e. The van der Waals surface area contributed by atoms with E-state index in [2.05, 4.69) is 58.9 Å². The molecule has 2 atom stereocenters. The summed E-state index contributed by atoms with van der Waals surface area (Å²) in [6, 6.07) is 12.8. The van der Waals surface area contributed by atoms with Crippen LogP contribution in [0.3, 0.4) is 0 Å². The molecule has 0 aliphatic heterocycles. The van der Waals surface area contributed by atoms with Crippen LogP contribution in [0.4, 0.5) is 0 Å². The molecule has 31 heavy (non-hydrogen) atoms. The second kappa shape index (κ2) is 6.70. The van der Waals surface area contributed by atoms with Gasteiger partial charge in [0, 0.05) is 0 Å². The highest BCUT2D eigenvalue weighted by Gasteiger charge is 2.57. The molecule has 2 nitrogen and oxygen atoms in total. The molecular formula is C29H36O2. The molecule has 1 spiro atoms. The Morgan fingerprint density at radius 2 is 1.45 bits per heavy atom. The fourth-order valence-electron chi connectivity index (χ4n) is 6.77. The number of benzene rings is 2. The first-order valence-corrected chi connectivity index (χ1v) is 12.0. The van der Waals surface area contributed by atoms with Crippen LogP contribution in [0.2, 0.25) is 0 Å². The molecule has 3 aliphatic rings. The highest BCUT2D eigenvalue weighted by Crippen LogP contribution is 2.69. The number of hydrogen-bond acceptors (Lipinski definition) is 1. The standard InChI is InChI=1S/C29H36O2/c1-18-16-23-24(28(4,5)13-12-27(23,2)3)17-22(18)25-21(10-11-29(25)14-15-29)19-6-8-20(9-7-19)26(30)31/h6-9,16-17,21,25H,10-15H2,1-5H3,(H,30,31). The van der Waals surface area contributed by atoms with Crippen LogP contribution in [0.5, 0.6) is 0 Å². The van der Waals surface area contributed by atoms with Crippen molar-refractivity contribution in [2.24, 2.45) is 5.41 Å². The van der Waals surface area contributed by atoms with Crippen molar-refractivity contribution < 1.29 is 9.90 Å². The normalized spacial score (nSPS) is 27.1. The van der Waals surface area contributed by atoms with E-state index < -0.39 is 5.97 Å². The van der Waals surface area contributed by atoms with Gasteiger partial charge >= 0.3 is 5.97 Å². The van der Waals surface area contributed by atoms with Crippen LogP contribution in [-0.4, -0.2) is 11.1 Å². The van der Waals surface area contributed by atoms with E-state index in [1.165, 1.54) is 49.7 Å². The summed E-state index contributed by atoms with van der Waals surface area (Å²) in [4.78, 5) is 11.3. The molecule has 2 saturated carbocycles. The van der Waals surface area contributed by atoms with Gasteiger partial charge in [0.25, 0.3) is 0 Å². The van der Waals surface area contributed by atoms with Gasteiger partial charge in [0.05, 0.1) is 5.56 Å².